The highest BCUT2D eigenvalue weighted by Gasteiger charge is 2.33. The first-order valence-electron chi connectivity index (χ1n) is 13.3. The van der Waals surface area contributed by atoms with Crippen molar-refractivity contribution in [2.24, 2.45) is 39.6 Å². The van der Waals surface area contributed by atoms with Crippen LogP contribution in [0.5, 0.6) is 0 Å². The molecule has 41 heavy (non-hydrogen) atoms. The zero-order chi connectivity index (χ0) is 31.7. The molecule has 17 nitrogen and oxygen atoms in total. The molecule has 0 rings (SSSR count). The molecule has 0 heterocycles. The lowest BCUT2D eigenvalue weighted by Gasteiger charge is -2.27. The lowest BCUT2D eigenvalue weighted by atomic mass is 10.0. The molecule has 5 amide bonds. The summed E-state index contributed by atoms with van der Waals surface area (Å²) in [5, 5.41) is 19.1. The lowest BCUT2D eigenvalue weighted by Crippen LogP contribution is -2.59. The fourth-order valence-electron chi connectivity index (χ4n) is 3.51. The summed E-state index contributed by atoms with van der Waals surface area (Å²) in [5.41, 5.74) is 27.2. The first-order valence-corrected chi connectivity index (χ1v) is 13.3. The van der Waals surface area contributed by atoms with Crippen molar-refractivity contribution >= 4 is 41.5 Å². The van der Waals surface area contributed by atoms with E-state index >= 15 is 0 Å². The Morgan fingerprint density at radius 3 is 1.85 bits per heavy atom. The van der Waals surface area contributed by atoms with Crippen LogP contribution in [0, 0.1) is 5.92 Å². The number of rotatable bonds is 20. The zero-order valence-electron chi connectivity index (χ0n) is 23.9. The maximum absolute atomic E-state index is 13.2. The summed E-state index contributed by atoms with van der Waals surface area (Å²) in [7, 11) is 0. The Kier molecular flexibility index (Phi) is 17.3. The van der Waals surface area contributed by atoms with Gasteiger partial charge in [0.05, 0.1) is 12.5 Å². The number of nitrogens with two attached hydrogens (primary N) is 5. The van der Waals surface area contributed by atoms with Crippen molar-refractivity contribution in [1.29, 1.82) is 0 Å². The number of carboxylic acid groups (broad SMARTS) is 1. The van der Waals surface area contributed by atoms with Crippen LogP contribution in [0.15, 0.2) is 4.99 Å². The van der Waals surface area contributed by atoms with E-state index in [9.17, 15) is 33.9 Å². The molecule has 0 bridgehead atoms. The quantitative estimate of drug-likeness (QED) is 0.0373. The van der Waals surface area contributed by atoms with Gasteiger partial charge in [-0.1, -0.05) is 13.8 Å². The number of primary amides is 1. The zero-order valence-corrected chi connectivity index (χ0v) is 23.9. The van der Waals surface area contributed by atoms with E-state index in [1.54, 1.807) is 13.8 Å². The van der Waals surface area contributed by atoms with Gasteiger partial charge in [-0.25, -0.2) is 0 Å². The highest BCUT2D eigenvalue weighted by atomic mass is 16.4. The molecule has 0 saturated carbocycles. The van der Waals surface area contributed by atoms with Crippen molar-refractivity contribution in [3.63, 3.8) is 0 Å². The van der Waals surface area contributed by atoms with Crippen LogP contribution in [0.2, 0.25) is 0 Å². The number of aliphatic carboxylic acids is 1. The molecular weight excluding hydrogens is 540 g/mol. The average Bonchev–Trinajstić information content (AvgIpc) is 2.87. The molecule has 0 aromatic carbocycles. The molecule has 0 saturated heterocycles. The van der Waals surface area contributed by atoms with Crippen LogP contribution in [0.3, 0.4) is 0 Å². The van der Waals surface area contributed by atoms with E-state index in [1.807, 2.05) is 0 Å². The van der Waals surface area contributed by atoms with Gasteiger partial charge in [-0.15, -0.1) is 0 Å². The van der Waals surface area contributed by atoms with E-state index in [0.717, 1.165) is 0 Å². The van der Waals surface area contributed by atoms with Crippen LogP contribution in [0.4, 0.5) is 0 Å². The number of amides is 5. The summed E-state index contributed by atoms with van der Waals surface area (Å²) >= 11 is 0. The van der Waals surface area contributed by atoms with Crippen molar-refractivity contribution in [3.05, 3.63) is 0 Å². The third-order valence-electron chi connectivity index (χ3n) is 5.93. The molecule has 0 aliphatic heterocycles. The minimum atomic E-state index is -1.59. The maximum Gasteiger partial charge on any atom is 0.305 e. The molecule has 0 unspecified atom stereocenters. The lowest BCUT2D eigenvalue weighted by molar-refractivity contribution is -0.141. The predicted molar refractivity (Wildman–Crippen MR) is 150 cm³/mol. The number of unbranched alkanes of at least 4 members (excludes halogenated alkanes) is 1. The summed E-state index contributed by atoms with van der Waals surface area (Å²) in [4.78, 5) is 78.1. The maximum atomic E-state index is 13.2. The number of carbonyl (C=O) groups is 6. The van der Waals surface area contributed by atoms with E-state index in [0.29, 0.717) is 25.8 Å². The second kappa shape index (κ2) is 19.1. The number of aliphatic imine (C=N–C) groups is 1. The third-order valence-corrected chi connectivity index (χ3v) is 5.93. The number of carboxylic acids is 1. The number of nitrogens with zero attached hydrogens (tertiary/aromatic N) is 1. The molecule has 0 aromatic rings. The summed E-state index contributed by atoms with van der Waals surface area (Å²) in [5.74, 6) is -5.90. The van der Waals surface area contributed by atoms with Crippen molar-refractivity contribution in [2.45, 2.75) is 89.5 Å². The van der Waals surface area contributed by atoms with E-state index in [4.69, 9.17) is 28.7 Å². The van der Waals surface area contributed by atoms with Crippen molar-refractivity contribution in [2.75, 3.05) is 13.1 Å². The van der Waals surface area contributed by atoms with Gasteiger partial charge in [0.2, 0.25) is 29.5 Å². The first-order chi connectivity index (χ1) is 19.1. The first kappa shape index (κ1) is 37.0. The standard InChI is InChI=1S/C24H46N10O7/c1-12(2)18(23(41)31-13(3)19(27)37)34-22(40)16(11-17(35)36)33-21(39)15(8-4-5-9-25)32-20(38)14(26)7-6-10-30-24(28)29/h12-16,18H,4-11,25-26H2,1-3H3,(H2,27,37)(H,31,41)(H,32,38)(H,33,39)(H,34,40)(H,35,36)(H4,28,29,30)/t13-,14+,15+,16+,18+/m1/s1. The van der Waals surface area contributed by atoms with Crippen LogP contribution in [0.1, 0.15) is 59.3 Å². The number of hydrogen-bond donors (Lipinski definition) is 10. The Morgan fingerprint density at radius 2 is 1.34 bits per heavy atom. The topological polar surface area (TPSA) is 313 Å². The molecule has 0 aliphatic carbocycles. The molecule has 0 spiro atoms. The number of guanidine groups is 1. The Hall–Kier alpha value is -3.99. The largest absolute Gasteiger partial charge is 0.481 e. The molecule has 17 heteroatoms. The van der Waals surface area contributed by atoms with Gasteiger partial charge < -0.3 is 55.0 Å². The van der Waals surface area contributed by atoms with Crippen molar-refractivity contribution in [3.8, 4) is 0 Å². The van der Waals surface area contributed by atoms with Gasteiger partial charge in [0.25, 0.3) is 0 Å². The molecule has 234 valence electrons. The second-order valence-electron chi connectivity index (χ2n) is 9.92. The summed E-state index contributed by atoms with van der Waals surface area (Å²) in [6.07, 6.45) is 0.932. The minimum absolute atomic E-state index is 0.0971. The summed E-state index contributed by atoms with van der Waals surface area (Å²) in [6, 6.07) is -5.92. The molecule has 0 aliphatic rings. The van der Waals surface area contributed by atoms with E-state index in [2.05, 4.69) is 26.3 Å². The van der Waals surface area contributed by atoms with Gasteiger partial charge in [0, 0.05) is 6.54 Å². The van der Waals surface area contributed by atoms with Gasteiger partial charge in [0.1, 0.15) is 24.2 Å². The smallest absolute Gasteiger partial charge is 0.305 e. The van der Waals surface area contributed by atoms with E-state index in [1.165, 1.54) is 6.92 Å². The number of nitrogens with one attached hydrogen (secondary N) is 4. The highest BCUT2D eigenvalue weighted by Crippen LogP contribution is 2.07. The van der Waals surface area contributed by atoms with Crippen LogP contribution in [-0.2, 0) is 28.8 Å². The number of carbonyl (C=O) groups excluding carboxylic acids is 5. The van der Waals surface area contributed by atoms with Crippen LogP contribution >= 0.6 is 0 Å². The molecular formula is C24H46N10O7. The Labute approximate surface area is 239 Å². The predicted octanol–water partition coefficient (Wildman–Crippen LogP) is -3.93. The Balaban J connectivity index is 5.65. The normalized spacial score (nSPS) is 14.5. The Bertz CT molecular complexity index is 940. The van der Waals surface area contributed by atoms with Crippen molar-refractivity contribution < 1.29 is 33.9 Å². The van der Waals surface area contributed by atoms with Crippen LogP contribution < -0.4 is 49.9 Å². The van der Waals surface area contributed by atoms with Gasteiger partial charge in [-0.2, -0.15) is 0 Å². The second-order valence-corrected chi connectivity index (χ2v) is 9.92. The van der Waals surface area contributed by atoms with Crippen molar-refractivity contribution in [1.82, 2.24) is 21.3 Å². The minimum Gasteiger partial charge on any atom is -0.481 e. The molecule has 5 atom stereocenters. The number of hydrogen-bond acceptors (Lipinski definition) is 9. The fourth-order valence-corrected chi connectivity index (χ4v) is 3.51. The van der Waals surface area contributed by atoms with E-state index < -0.39 is 78.1 Å². The monoisotopic (exact) mass is 586 g/mol. The van der Waals surface area contributed by atoms with Gasteiger partial charge in [-0.05, 0) is 51.5 Å². The van der Waals surface area contributed by atoms with Gasteiger partial charge in [0.15, 0.2) is 5.96 Å². The summed E-state index contributed by atoms with van der Waals surface area (Å²) < 4.78 is 0. The molecule has 0 radical (unpaired) electrons. The molecule has 0 aromatic heterocycles. The SMILES string of the molecule is CC(C)[C@H](NC(=O)[C@H](CC(=O)O)NC(=O)[C@H](CCCCN)NC(=O)[C@@H](N)CCCN=C(N)N)C(=O)N[C@H](C)C(N)=O. The fraction of sp³-hybridized carbons (Fsp3) is 0.708. The van der Waals surface area contributed by atoms with Gasteiger partial charge >= 0.3 is 5.97 Å². The van der Waals surface area contributed by atoms with Crippen LogP contribution in [0.25, 0.3) is 0 Å². The average molecular weight is 587 g/mol. The van der Waals surface area contributed by atoms with Crippen LogP contribution in [-0.4, -0.2) is 89.9 Å². The van der Waals surface area contributed by atoms with E-state index in [-0.39, 0.29) is 25.3 Å². The summed E-state index contributed by atoms with van der Waals surface area (Å²) in [6.45, 7) is 5.19. The third kappa shape index (κ3) is 15.4. The van der Waals surface area contributed by atoms with Gasteiger partial charge in [-0.3, -0.25) is 33.8 Å². The molecule has 0 fully saturated rings. The molecule has 15 N–H and O–H groups in total. The highest BCUT2D eigenvalue weighted by molar-refractivity contribution is 5.97. The Morgan fingerprint density at radius 1 is 0.756 bits per heavy atom.